The summed E-state index contributed by atoms with van der Waals surface area (Å²) in [5, 5.41) is 0. The highest BCUT2D eigenvalue weighted by atomic mass is 31.2. The van der Waals surface area contributed by atoms with Crippen LogP contribution in [0.5, 0.6) is 0 Å². The minimum absolute atomic E-state index is 0.297. The van der Waals surface area contributed by atoms with Crippen LogP contribution in [-0.4, -0.2) is 27.0 Å². The summed E-state index contributed by atoms with van der Waals surface area (Å²) in [5.74, 6) is 0. The Hall–Kier alpha value is 0.500. The zero-order valence-electron chi connectivity index (χ0n) is 6.35. The summed E-state index contributed by atoms with van der Waals surface area (Å²) in [6.45, 7) is 0.366. The molecule has 0 radical (unpaired) electrons. The van der Waals surface area contributed by atoms with Gasteiger partial charge in [-0.05, 0) is 0 Å². The fourth-order valence-corrected chi connectivity index (χ4v) is 3.45. The van der Waals surface area contributed by atoms with Gasteiger partial charge in [-0.3, -0.25) is 4.57 Å². The van der Waals surface area contributed by atoms with Crippen LogP contribution >= 0.6 is 16.2 Å². The van der Waals surface area contributed by atoms with Gasteiger partial charge in [0, 0.05) is 14.2 Å². The summed E-state index contributed by atoms with van der Waals surface area (Å²) in [6, 6.07) is 0. The monoisotopic (exact) mass is 200 g/mol. The number of rotatable bonds is 2. The van der Waals surface area contributed by atoms with Gasteiger partial charge in [0.15, 0.2) is 0 Å². The molecule has 1 heterocycles. The summed E-state index contributed by atoms with van der Waals surface area (Å²) >= 11 is 0. The van der Waals surface area contributed by atoms with Gasteiger partial charge in [0.2, 0.25) is 0 Å². The van der Waals surface area contributed by atoms with Gasteiger partial charge in [0.05, 0.1) is 12.8 Å². The van der Waals surface area contributed by atoms with Crippen LogP contribution in [0.2, 0.25) is 0 Å². The van der Waals surface area contributed by atoms with Crippen molar-refractivity contribution in [2.75, 3.05) is 27.0 Å². The van der Waals surface area contributed by atoms with Crippen LogP contribution in [0.1, 0.15) is 0 Å². The van der Waals surface area contributed by atoms with Crippen molar-refractivity contribution in [3.05, 3.63) is 0 Å². The van der Waals surface area contributed by atoms with Crippen molar-refractivity contribution in [2.45, 2.75) is 0 Å². The Morgan fingerprint density at radius 1 is 1.55 bits per heavy atom. The topological polar surface area (TPSA) is 54.0 Å². The normalized spacial score (nSPS) is 38.9. The largest absolute Gasteiger partial charge is 0.340 e. The second kappa shape index (κ2) is 3.94. The van der Waals surface area contributed by atoms with Crippen LogP contribution < -0.4 is 0 Å². The van der Waals surface area contributed by atoms with E-state index in [0.717, 1.165) is 0 Å². The molecule has 7 heteroatoms. The minimum Gasteiger partial charge on any atom is -0.315 e. The smallest absolute Gasteiger partial charge is 0.315 e. The van der Waals surface area contributed by atoms with E-state index in [9.17, 15) is 4.57 Å². The first-order valence-electron chi connectivity index (χ1n) is 3.02. The first-order chi connectivity index (χ1) is 5.20. The van der Waals surface area contributed by atoms with Crippen LogP contribution in [0.15, 0.2) is 0 Å². The number of hydrogen-bond donors (Lipinski definition) is 0. The molecule has 5 nitrogen and oxygen atoms in total. The first-order valence-corrected chi connectivity index (χ1v) is 5.84. The molecule has 66 valence electrons. The Balaban J connectivity index is 2.52. The average Bonchev–Trinajstić information content (AvgIpc) is 2.05. The van der Waals surface area contributed by atoms with Crippen LogP contribution in [0.4, 0.5) is 0 Å². The molecule has 1 saturated heterocycles. The Morgan fingerprint density at radius 3 is 2.82 bits per heavy atom. The molecule has 0 aliphatic carbocycles. The zero-order chi connectivity index (χ0) is 8.32. The van der Waals surface area contributed by atoms with Gasteiger partial charge in [-0.15, -0.1) is 0 Å². The molecule has 1 rings (SSSR count). The quantitative estimate of drug-likeness (QED) is 0.635. The van der Waals surface area contributed by atoms with Crippen molar-refractivity contribution in [3.63, 3.8) is 0 Å². The summed E-state index contributed by atoms with van der Waals surface area (Å²) in [7, 11) is -1.54. The predicted octanol–water partition coefficient (Wildman–Crippen LogP) is 1.75. The number of hydrogen-bond acceptors (Lipinski definition) is 5. The van der Waals surface area contributed by atoms with E-state index in [1.165, 1.54) is 14.2 Å². The maximum absolute atomic E-state index is 11.4. The molecule has 0 bridgehead atoms. The van der Waals surface area contributed by atoms with E-state index in [4.69, 9.17) is 17.9 Å². The molecule has 0 aromatic carbocycles. The second-order valence-electron chi connectivity index (χ2n) is 1.84. The molecule has 2 unspecified atom stereocenters. The summed E-state index contributed by atoms with van der Waals surface area (Å²) in [6.07, 6.45) is 0.297. The standard InChI is InChI=1S/C4H10O5P2/c1-6-10-8-3-4-11(5,7-2)9-10/h3-4H2,1-2H3. The van der Waals surface area contributed by atoms with Gasteiger partial charge >= 0.3 is 16.2 Å². The van der Waals surface area contributed by atoms with Crippen LogP contribution in [0.25, 0.3) is 0 Å². The highest BCUT2D eigenvalue weighted by Crippen LogP contribution is 2.63. The fourth-order valence-electron chi connectivity index (χ4n) is 0.604. The van der Waals surface area contributed by atoms with E-state index in [1.807, 2.05) is 0 Å². The maximum Gasteiger partial charge on any atom is 0.340 e. The fraction of sp³-hybridized carbons (Fsp3) is 1.00. The Morgan fingerprint density at radius 2 is 2.27 bits per heavy atom. The van der Waals surface area contributed by atoms with Crippen molar-refractivity contribution in [3.8, 4) is 0 Å². The van der Waals surface area contributed by atoms with E-state index in [-0.39, 0.29) is 0 Å². The maximum atomic E-state index is 11.4. The summed E-state index contributed by atoms with van der Waals surface area (Å²) in [4.78, 5) is 0. The third kappa shape index (κ3) is 2.48. The van der Waals surface area contributed by atoms with E-state index in [0.29, 0.717) is 12.8 Å². The van der Waals surface area contributed by atoms with Crippen LogP contribution in [-0.2, 0) is 22.4 Å². The van der Waals surface area contributed by atoms with Gasteiger partial charge in [0.25, 0.3) is 0 Å². The van der Waals surface area contributed by atoms with Crippen molar-refractivity contribution < 1.29 is 22.4 Å². The van der Waals surface area contributed by atoms with Gasteiger partial charge in [0.1, 0.15) is 0 Å². The van der Waals surface area contributed by atoms with Gasteiger partial charge in [-0.2, -0.15) is 0 Å². The van der Waals surface area contributed by atoms with Gasteiger partial charge < -0.3 is 13.6 Å². The summed E-state index contributed by atoms with van der Waals surface area (Å²) < 4.78 is 30.8. The average molecular weight is 200 g/mol. The third-order valence-electron chi connectivity index (χ3n) is 1.18. The van der Waals surface area contributed by atoms with E-state index >= 15 is 0 Å². The van der Waals surface area contributed by atoms with E-state index in [1.54, 1.807) is 0 Å². The molecule has 0 aromatic heterocycles. The lowest BCUT2D eigenvalue weighted by Gasteiger charge is -2.25. The molecule has 0 saturated carbocycles. The molecular formula is C4H10O5P2. The molecule has 1 aliphatic rings. The minimum atomic E-state index is -2.89. The predicted molar refractivity (Wildman–Crippen MR) is 40.4 cm³/mol. The Bertz CT molecular complexity index is 172. The molecular weight excluding hydrogens is 190 g/mol. The summed E-state index contributed by atoms with van der Waals surface area (Å²) in [5.41, 5.74) is 0. The lowest BCUT2D eigenvalue weighted by Crippen LogP contribution is -2.08. The van der Waals surface area contributed by atoms with Crippen molar-refractivity contribution in [2.24, 2.45) is 0 Å². The molecule has 11 heavy (non-hydrogen) atoms. The third-order valence-corrected chi connectivity index (χ3v) is 4.69. The second-order valence-corrected chi connectivity index (χ2v) is 5.60. The van der Waals surface area contributed by atoms with Crippen molar-refractivity contribution in [1.82, 2.24) is 0 Å². The lowest BCUT2D eigenvalue weighted by atomic mass is 10.9. The highest BCUT2D eigenvalue weighted by molar-refractivity contribution is 7.63. The van der Waals surface area contributed by atoms with Crippen LogP contribution in [0, 0.1) is 0 Å². The first kappa shape index (κ1) is 9.59. The molecule has 0 aromatic rings. The van der Waals surface area contributed by atoms with Crippen molar-refractivity contribution in [1.29, 1.82) is 0 Å². The van der Waals surface area contributed by atoms with E-state index < -0.39 is 16.2 Å². The molecule has 0 N–H and O–H groups in total. The SMILES string of the molecule is COP1OCCP(=O)(OC)O1. The van der Waals surface area contributed by atoms with Crippen molar-refractivity contribution >= 4 is 16.2 Å². The molecule has 0 spiro atoms. The molecule has 0 amide bonds. The lowest BCUT2D eigenvalue weighted by molar-refractivity contribution is 0.201. The Labute approximate surface area is 66.5 Å². The van der Waals surface area contributed by atoms with Crippen LogP contribution in [0.3, 0.4) is 0 Å². The van der Waals surface area contributed by atoms with E-state index in [2.05, 4.69) is 0 Å². The highest BCUT2D eigenvalue weighted by Gasteiger charge is 2.34. The zero-order valence-corrected chi connectivity index (χ0v) is 8.14. The molecule has 1 aliphatic heterocycles. The molecule has 1 fully saturated rings. The van der Waals surface area contributed by atoms with Gasteiger partial charge in [-0.1, -0.05) is 0 Å². The molecule has 2 atom stereocenters. The Kier molecular flexibility index (Phi) is 3.44. The van der Waals surface area contributed by atoms with Gasteiger partial charge in [-0.25, -0.2) is 4.31 Å².